The summed E-state index contributed by atoms with van der Waals surface area (Å²) >= 11 is 3.37. The predicted octanol–water partition coefficient (Wildman–Crippen LogP) is 5.41. The van der Waals surface area contributed by atoms with E-state index in [2.05, 4.69) is 20.9 Å². The largest absolute Gasteiger partial charge is 0.436 e. The van der Waals surface area contributed by atoms with Gasteiger partial charge in [-0.05, 0) is 35.9 Å². The molecule has 0 aliphatic heterocycles. The first-order valence-electron chi connectivity index (χ1n) is 6.11. The lowest BCUT2D eigenvalue weighted by atomic mass is 10.1. The summed E-state index contributed by atoms with van der Waals surface area (Å²) in [5, 5.41) is 0.628. The third-order valence-electron chi connectivity index (χ3n) is 3.11. The summed E-state index contributed by atoms with van der Waals surface area (Å²) in [6.45, 7) is 0. The number of nitrogens with zero attached hydrogens (tertiary/aromatic N) is 1. The van der Waals surface area contributed by atoms with Gasteiger partial charge in [-0.15, -0.1) is 0 Å². The summed E-state index contributed by atoms with van der Waals surface area (Å²) in [7, 11) is 0. The maximum atomic E-state index is 12.5. The van der Waals surface area contributed by atoms with Gasteiger partial charge in [0.25, 0.3) is 0 Å². The molecule has 1 heterocycles. The van der Waals surface area contributed by atoms with Gasteiger partial charge in [0, 0.05) is 10.9 Å². The molecular formula is C15H9BrF3NO. The highest BCUT2D eigenvalue weighted by molar-refractivity contribution is 9.08. The molecule has 6 heteroatoms. The fourth-order valence-electron chi connectivity index (χ4n) is 2.04. The molecule has 0 saturated carbocycles. The van der Waals surface area contributed by atoms with Crippen LogP contribution in [0.4, 0.5) is 13.2 Å². The van der Waals surface area contributed by atoms with E-state index in [0.29, 0.717) is 27.9 Å². The maximum absolute atomic E-state index is 12.5. The third kappa shape index (κ3) is 2.68. The van der Waals surface area contributed by atoms with Crippen molar-refractivity contribution in [2.45, 2.75) is 11.5 Å². The van der Waals surface area contributed by atoms with Gasteiger partial charge in [0.05, 0.1) is 5.56 Å². The molecule has 1 aromatic heterocycles. The van der Waals surface area contributed by atoms with Crippen molar-refractivity contribution in [2.24, 2.45) is 0 Å². The Bertz CT molecular complexity index is 778. The SMILES string of the molecule is FC(F)(F)c1ccc(-c2nc3c(CBr)cccc3o2)cc1. The Morgan fingerprint density at radius 2 is 1.76 bits per heavy atom. The molecule has 0 bridgehead atoms. The molecule has 0 unspecified atom stereocenters. The molecule has 0 radical (unpaired) electrons. The number of rotatable bonds is 2. The number of oxazole rings is 1. The minimum absolute atomic E-state index is 0.312. The minimum atomic E-state index is -4.34. The first-order valence-corrected chi connectivity index (χ1v) is 7.23. The predicted molar refractivity (Wildman–Crippen MR) is 77.1 cm³/mol. The van der Waals surface area contributed by atoms with Crippen LogP contribution in [0, 0.1) is 0 Å². The Balaban J connectivity index is 2.04. The van der Waals surface area contributed by atoms with Gasteiger partial charge in [-0.2, -0.15) is 13.2 Å². The average molecular weight is 356 g/mol. The normalized spacial score (nSPS) is 12.0. The number of fused-ring (bicyclic) bond motifs is 1. The van der Waals surface area contributed by atoms with E-state index < -0.39 is 11.7 Å². The minimum Gasteiger partial charge on any atom is -0.436 e. The van der Waals surface area contributed by atoms with Gasteiger partial charge in [-0.1, -0.05) is 28.1 Å². The van der Waals surface area contributed by atoms with Crippen LogP contribution < -0.4 is 0 Å². The van der Waals surface area contributed by atoms with Crippen LogP contribution in [0.3, 0.4) is 0 Å². The molecule has 0 aliphatic carbocycles. The third-order valence-corrected chi connectivity index (χ3v) is 3.71. The first-order chi connectivity index (χ1) is 9.99. The summed E-state index contributed by atoms with van der Waals surface area (Å²) in [6, 6.07) is 10.3. The second-order valence-electron chi connectivity index (χ2n) is 4.49. The zero-order valence-electron chi connectivity index (χ0n) is 10.6. The monoisotopic (exact) mass is 355 g/mol. The molecule has 108 valence electrons. The van der Waals surface area contributed by atoms with Crippen LogP contribution >= 0.6 is 15.9 Å². The van der Waals surface area contributed by atoms with Crippen molar-refractivity contribution in [1.82, 2.24) is 4.98 Å². The maximum Gasteiger partial charge on any atom is 0.416 e. The molecule has 21 heavy (non-hydrogen) atoms. The Labute approximate surface area is 126 Å². The number of hydrogen-bond acceptors (Lipinski definition) is 2. The Kier molecular flexibility index (Phi) is 3.49. The average Bonchev–Trinajstić information content (AvgIpc) is 2.90. The van der Waals surface area contributed by atoms with E-state index in [4.69, 9.17) is 4.42 Å². The van der Waals surface area contributed by atoms with E-state index >= 15 is 0 Å². The lowest BCUT2D eigenvalue weighted by molar-refractivity contribution is -0.137. The molecule has 3 aromatic rings. The van der Waals surface area contributed by atoms with E-state index in [1.807, 2.05) is 12.1 Å². The molecular weight excluding hydrogens is 347 g/mol. The topological polar surface area (TPSA) is 26.0 Å². The second-order valence-corrected chi connectivity index (χ2v) is 5.05. The molecule has 0 N–H and O–H groups in total. The summed E-state index contributed by atoms with van der Waals surface area (Å²) in [4.78, 5) is 4.37. The second kappa shape index (κ2) is 5.18. The van der Waals surface area contributed by atoms with E-state index in [1.165, 1.54) is 12.1 Å². The standard InChI is InChI=1S/C15H9BrF3NO/c16-8-10-2-1-3-12-13(10)20-14(21-12)9-4-6-11(7-5-9)15(17,18)19/h1-7H,8H2. The molecule has 0 fully saturated rings. The smallest absolute Gasteiger partial charge is 0.416 e. The van der Waals surface area contributed by atoms with Gasteiger partial charge in [0.2, 0.25) is 5.89 Å². The highest BCUT2D eigenvalue weighted by Gasteiger charge is 2.30. The molecule has 0 atom stereocenters. The molecule has 2 aromatic carbocycles. The zero-order chi connectivity index (χ0) is 15.0. The van der Waals surface area contributed by atoms with Gasteiger partial charge in [-0.3, -0.25) is 0 Å². The number of alkyl halides is 4. The van der Waals surface area contributed by atoms with Crippen molar-refractivity contribution in [1.29, 1.82) is 0 Å². The lowest BCUT2D eigenvalue weighted by Gasteiger charge is -2.05. The highest BCUT2D eigenvalue weighted by atomic mass is 79.9. The highest BCUT2D eigenvalue weighted by Crippen LogP contribution is 2.32. The molecule has 0 amide bonds. The summed E-state index contributed by atoms with van der Waals surface area (Å²) < 4.78 is 43.2. The lowest BCUT2D eigenvalue weighted by Crippen LogP contribution is -2.03. The fourth-order valence-corrected chi connectivity index (χ4v) is 2.49. The van der Waals surface area contributed by atoms with Gasteiger partial charge >= 0.3 is 6.18 Å². The van der Waals surface area contributed by atoms with E-state index in [-0.39, 0.29) is 0 Å². The number of benzene rings is 2. The van der Waals surface area contributed by atoms with E-state index in [1.54, 1.807) is 6.07 Å². The quantitative estimate of drug-likeness (QED) is 0.574. The van der Waals surface area contributed by atoms with Crippen LogP contribution in [0.15, 0.2) is 46.9 Å². The Morgan fingerprint density at radius 1 is 1.05 bits per heavy atom. The summed E-state index contributed by atoms with van der Waals surface area (Å²) in [6.07, 6.45) is -4.34. The van der Waals surface area contributed by atoms with Gasteiger partial charge < -0.3 is 4.42 Å². The van der Waals surface area contributed by atoms with Crippen molar-refractivity contribution < 1.29 is 17.6 Å². The van der Waals surface area contributed by atoms with Crippen molar-refractivity contribution in [3.05, 3.63) is 53.6 Å². The summed E-state index contributed by atoms with van der Waals surface area (Å²) in [5.41, 5.74) is 2.11. The molecule has 0 saturated heterocycles. The van der Waals surface area contributed by atoms with E-state index in [0.717, 1.165) is 17.7 Å². The van der Waals surface area contributed by atoms with Gasteiger partial charge in [0.15, 0.2) is 5.58 Å². The van der Waals surface area contributed by atoms with E-state index in [9.17, 15) is 13.2 Å². The first kappa shape index (κ1) is 14.1. The number of halogens is 4. The number of aromatic nitrogens is 1. The van der Waals surface area contributed by atoms with Crippen LogP contribution in [0.5, 0.6) is 0 Å². The molecule has 0 aliphatic rings. The Morgan fingerprint density at radius 3 is 2.38 bits per heavy atom. The van der Waals surface area contributed by atoms with Crippen LogP contribution in [0.25, 0.3) is 22.6 Å². The number of hydrogen-bond donors (Lipinski definition) is 0. The number of para-hydroxylation sites is 1. The summed E-state index contributed by atoms with van der Waals surface area (Å²) in [5.74, 6) is 0.312. The van der Waals surface area contributed by atoms with Crippen molar-refractivity contribution in [2.75, 3.05) is 0 Å². The molecule has 0 spiro atoms. The van der Waals surface area contributed by atoms with Gasteiger partial charge in [-0.25, -0.2) is 4.98 Å². The van der Waals surface area contributed by atoms with Crippen LogP contribution in [-0.4, -0.2) is 4.98 Å². The van der Waals surface area contributed by atoms with Gasteiger partial charge in [0.1, 0.15) is 5.52 Å². The van der Waals surface area contributed by atoms with Crippen LogP contribution in [-0.2, 0) is 11.5 Å². The fraction of sp³-hybridized carbons (Fsp3) is 0.133. The zero-order valence-corrected chi connectivity index (χ0v) is 12.2. The van der Waals surface area contributed by atoms with Crippen molar-refractivity contribution in [3.63, 3.8) is 0 Å². The van der Waals surface area contributed by atoms with Crippen molar-refractivity contribution in [3.8, 4) is 11.5 Å². The molecule has 2 nitrogen and oxygen atoms in total. The Hall–Kier alpha value is -1.82. The molecule has 3 rings (SSSR count). The van der Waals surface area contributed by atoms with Crippen LogP contribution in [0.2, 0.25) is 0 Å². The van der Waals surface area contributed by atoms with Crippen LogP contribution in [0.1, 0.15) is 11.1 Å². The van der Waals surface area contributed by atoms with Crippen molar-refractivity contribution >= 4 is 27.0 Å².